The van der Waals surface area contributed by atoms with Gasteiger partial charge in [0.25, 0.3) is 0 Å². The van der Waals surface area contributed by atoms with E-state index in [1.807, 2.05) is 72.8 Å². The van der Waals surface area contributed by atoms with Gasteiger partial charge in [-0.1, -0.05) is 72.8 Å². The molecule has 0 bridgehead atoms. The van der Waals surface area contributed by atoms with Gasteiger partial charge in [0.1, 0.15) is 12.2 Å². The maximum Gasteiger partial charge on any atom is 0.161 e. The third kappa shape index (κ3) is 5.42. The molecule has 4 aromatic rings. The lowest BCUT2D eigenvalue weighted by atomic mass is 9.97. The molecule has 0 radical (unpaired) electrons. The van der Waals surface area contributed by atoms with Gasteiger partial charge in [-0.25, -0.2) is 0 Å². The van der Waals surface area contributed by atoms with Gasteiger partial charge in [-0.05, 0) is 46.5 Å². The van der Waals surface area contributed by atoms with Crippen LogP contribution in [0.1, 0.15) is 34.5 Å². The van der Waals surface area contributed by atoms with Crippen molar-refractivity contribution in [2.75, 3.05) is 28.4 Å². The average molecular weight is 471 g/mol. The van der Waals surface area contributed by atoms with Crippen LogP contribution in [0.2, 0.25) is 0 Å². The molecular formula is C30H30O5. The molecule has 0 aliphatic carbocycles. The quantitative estimate of drug-likeness (QED) is 0.261. The van der Waals surface area contributed by atoms with Gasteiger partial charge in [0.2, 0.25) is 0 Å². The van der Waals surface area contributed by atoms with Crippen LogP contribution >= 0.6 is 0 Å². The first-order valence-corrected chi connectivity index (χ1v) is 11.4. The van der Waals surface area contributed by atoms with E-state index in [1.165, 1.54) is 0 Å². The van der Waals surface area contributed by atoms with Crippen molar-refractivity contribution in [3.8, 4) is 23.0 Å². The van der Waals surface area contributed by atoms with E-state index in [1.54, 1.807) is 28.4 Å². The van der Waals surface area contributed by atoms with Crippen molar-refractivity contribution in [2.24, 2.45) is 0 Å². The summed E-state index contributed by atoms with van der Waals surface area (Å²) in [6.45, 7) is 0. The van der Waals surface area contributed by atoms with E-state index in [0.717, 1.165) is 22.3 Å². The highest BCUT2D eigenvalue weighted by Gasteiger charge is 2.25. The van der Waals surface area contributed by atoms with Crippen LogP contribution in [0.3, 0.4) is 0 Å². The Balaban J connectivity index is 1.83. The second-order valence-electron chi connectivity index (χ2n) is 7.95. The maximum absolute atomic E-state index is 6.95. The Morgan fingerprint density at radius 2 is 0.771 bits per heavy atom. The largest absolute Gasteiger partial charge is 0.493 e. The molecule has 2 atom stereocenters. The van der Waals surface area contributed by atoms with E-state index in [9.17, 15) is 0 Å². The molecule has 0 N–H and O–H groups in total. The van der Waals surface area contributed by atoms with Crippen LogP contribution in [0.25, 0.3) is 0 Å². The standard InChI is InChI=1S/C30H30O5/c1-31-25-17-15-23(19-27(25)33-3)29(21-11-7-5-8-12-21)35-30(22-13-9-6-10-14-22)24-16-18-26(32-2)28(20-24)34-4/h5-20,29-30H,1-4H3. The summed E-state index contributed by atoms with van der Waals surface area (Å²) in [5, 5.41) is 0. The molecule has 0 aliphatic heterocycles. The van der Waals surface area contributed by atoms with Gasteiger partial charge in [-0.15, -0.1) is 0 Å². The van der Waals surface area contributed by atoms with Crippen LogP contribution in [-0.4, -0.2) is 28.4 Å². The average Bonchev–Trinajstić information content (AvgIpc) is 2.94. The van der Waals surface area contributed by atoms with E-state index in [0.29, 0.717) is 23.0 Å². The van der Waals surface area contributed by atoms with E-state index in [2.05, 4.69) is 24.3 Å². The van der Waals surface area contributed by atoms with E-state index in [4.69, 9.17) is 23.7 Å². The highest BCUT2D eigenvalue weighted by molar-refractivity contribution is 5.47. The van der Waals surface area contributed by atoms with Crippen molar-refractivity contribution < 1.29 is 23.7 Å². The number of rotatable bonds is 10. The molecule has 0 fully saturated rings. The van der Waals surface area contributed by atoms with Gasteiger partial charge >= 0.3 is 0 Å². The predicted molar refractivity (Wildman–Crippen MR) is 137 cm³/mol. The van der Waals surface area contributed by atoms with Crippen LogP contribution in [0, 0.1) is 0 Å². The van der Waals surface area contributed by atoms with Crippen molar-refractivity contribution in [3.05, 3.63) is 119 Å². The number of hydrogen-bond acceptors (Lipinski definition) is 5. The van der Waals surface area contributed by atoms with Crippen LogP contribution in [0.5, 0.6) is 23.0 Å². The summed E-state index contributed by atoms with van der Waals surface area (Å²) in [7, 11) is 6.53. The minimum Gasteiger partial charge on any atom is -0.493 e. The Labute approximate surface area is 206 Å². The Morgan fingerprint density at radius 3 is 1.11 bits per heavy atom. The molecule has 2 unspecified atom stereocenters. The first kappa shape index (κ1) is 24.2. The van der Waals surface area contributed by atoms with E-state index >= 15 is 0 Å². The second kappa shape index (κ2) is 11.4. The summed E-state index contributed by atoms with van der Waals surface area (Å²) >= 11 is 0. The molecule has 0 heterocycles. The summed E-state index contributed by atoms with van der Waals surface area (Å²) in [6, 6.07) is 32.1. The first-order valence-electron chi connectivity index (χ1n) is 11.4. The van der Waals surface area contributed by atoms with Crippen molar-refractivity contribution in [3.63, 3.8) is 0 Å². The minimum absolute atomic E-state index is 0.366. The molecule has 4 rings (SSSR count). The number of hydrogen-bond donors (Lipinski definition) is 0. The molecule has 0 spiro atoms. The summed E-state index contributed by atoms with van der Waals surface area (Å²) in [6.07, 6.45) is -0.733. The summed E-state index contributed by atoms with van der Waals surface area (Å²) in [5.41, 5.74) is 3.97. The number of ether oxygens (including phenoxy) is 5. The summed E-state index contributed by atoms with van der Waals surface area (Å²) in [5.74, 6) is 2.64. The number of benzene rings is 4. The molecular weight excluding hydrogens is 440 g/mol. The topological polar surface area (TPSA) is 46.2 Å². The monoisotopic (exact) mass is 470 g/mol. The summed E-state index contributed by atoms with van der Waals surface area (Å²) < 4.78 is 29.0. The Morgan fingerprint density at radius 1 is 0.400 bits per heavy atom. The molecule has 0 saturated carbocycles. The van der Waals surface area contributed by atoms with Crippen molar-refractivity contribution in [1.82, 2.24) is 0 Å². The zero-order valence-corrected chi connectivity index (χ0v) is 20.4. The molecule has 0 amide bonds. The molecule has 35 heavy (non-hydrogen) atoms. The molecule has 5 heteroatoms. The molecule has 4 aromatic carbocycles. The van der Waals surface area contributed by atoms with E-state index in [-0.39, 0.29) is 12.2 Å². The SMILES string of the molecule is COc1ccc(C(OC(c2ccccc2)c2ccc(OC)c(OC)c2)c2ccccc2)cc1OC. The van der Waals surface area contributed by atoms with Gasteiger partial charge in [0, 0.05) is 0 Å². The smallest absolute Gasteiger partial charge is 0.161 e. The van der Waals surface area contributed by atoms with Crippen LogP contribution in [-0.2, 0) is 4.74 Å². The maximum atomic E-state index is 6.95. The predicted octanol–water partition coefficient (Wildman–Crippen LogP) is 6.62. The van der Waals surface area contributed by atoms with Gasteiger partial charge in [0.15, 0.2) is 23.0 Å². The lowest BCUT2D eigenvalue weighted by molar-refractivity contribution is 0.0306. The Kier molecular flexibility index (Phi) is 7.91. The Bertz CT molecular complexity index is 1130. The third-order valence-electron chi connectivity index (χ3n) is 5.90. The highest BCUT2D eigenvalue weighted by atomic mass is 16.5. The fourth-order valence-electron chi connectivity index (χ4n) is 4.12. The second-order valence-corrected chi connectivity index (χ2v) is 7.95. The molecule has 0 aromatic heterocycles. The molecule has 180 valence electrons. The molecule has 0 saturated heterocycles. The van der Waals surface area contributed by atoms with Crippen LogP contribution in [0.15, 0.2) is 97.1 Å². The zero-order valence-electron chi connectivity index (χ0n) is 20.4. The lowest BCUT2D eigenvalue weighted by Gasteiger charge is -2.27. The van der Waals surface area contributed by atoms with Crippen LogP contribution in [0.4, 0.5) is 0 Å². The van der Waals surface area contributed by atoms with Crippen LogP contribution < -0.4 is 18.9 Å². The zero-order chi connectivity index (χ0) is 24.6. The first-order chi connectivity index (χ1) is 17.2. The highest BCUT2D eigenvalue weighted by Crippen LogP contribution is 2.40. The fourth-order valence-corrected chi connectivity index (χ4v) is 4.12. The normalized spacial score (nSPS) is 12.5. The number of methoxy groups -OCH3 is 4. The summed E-state index contributed by atoms with van der Waals surface area (Å²) in [4.78, 5) is 0. The van der Waals surface area contributed by atoms with Gasteiger partial charge in [-0.2, -0.15) is 0 Å². The van der Waals surface area contributed by atoms with Gasteiger partial charge < -0.3 is 23.7 Å². The fraction of sp³-hybridized carbons (Fsp3) is 0.200. The van der Waals surface area contributed by atoms with Crippen molar-refractivity contribution in [1.29, 1.82) is 0 Å². The van der Waals surface area contributed by atoms with Gasteiger partial charge in [0.05, 0.1) is 28.4 Å². The van der Waals surface area contributed by atoms with E-state index < -0.39 is 0 Å². The minimum atomic E-state index is -0.366. The van der Waals surface area contributed by atoms with Gasteiger partial charge in [-0.3, -0.25) is 0 Å². The molecule has 5 nitrogen and oxygen atoms in total. The Hall–Kier alpha value is -3.96. The van der Waals surface area contributed by atoms with Crippen molar-refractivity contribution >= 4 is 0 Å². The molecule has 0 aliphatic rings. The third-order valence-corrected chi connectivity index (χ3v) is 5.90. The van der Waals surface area contributed by atoms with Crippen molar-refractivity contribution in [2.45, 2.75) is 12.2 Å². The lowest BCUT2D eigenvalue weighted by Crippen LogP contribution is -2.14.